The maximum absolute atomic E-state index is 11.0. The monoisotopic (exact) mass is 270 g/mol. The summed E-state index contributed by atoms with van der Waals surface area (Å²) in [6.45, 7) is 0. The van der Waals surface area contributed by atoms with Crippen LogP contribution in [0, 0.1) is 0 Å². The molecule has 0 fully saturated rings. The standard InChI is InChI=1S/C16H14O4/c1-19-11-15(16(17)18)20-14-9-5-8-13(10-14)12-6-3-2-4-7-12/h2-11H,1H3,(H,17,18). The summed E-state index contributed by atoms with van der Waals surface area (Å²) in [5, 5.41) is 8.98. The second-order valence-electron chi connectivity index (χ2n) is 4.02. The molecule has 0 saturated heterocycles. The van der Waals surface area contributed by atoms with E-state index in [1.54, 1.807) is 12.1 Å². The van der Waals surface area contributed by atoms with Crippen molar-refractivity contribution in [2.24, 2.45) is 0 Å². The third-order valence-corrected chi connectivity index (χ3v) is 2.60. The van der Waals surface area contributed by atoms with Crippen LogP contribution in [0.1, 0.15) is 0 Å². The van der Waals surface area contributed by atoms with Gasteiger partial charge in [0.15, 0.2) is 0 Å². The van der Waals surface area contributed by atoms with Crippen LogP contribution in [0.15, 0.2) is 66.6 Å². The number of carboxylic acid groups (broad SMARTS) is 1. The van der Waals surface area contributed by atoms with Gasteiger partial charge in [0.2, 0.25) is 5.76 Å². The van der Waals surface area contributed by atoms with E-state index in [-0.39, 0.29) is 5.76 Å². The maximum atomic E-state index is 11.0. The zero-order valence-electron chi connectivity index (χ0n) is 10.9. The molecule has 2 aromatic carbocycles. The zero-order chi connectivity index (χ0) is 14.4. The molecule has 0 aliphatic heterocycles. The second kappa shape index (κ2) is 6.43. The molecule has 1 N–H and O–H groups in total. The summed E-state index contributed by atoms with van der Waals surface area (Å²) in [7, 11) is 1.37. The number of hydrogen-bond acceptors (Lipinski definition) is 3. The van der Waals surface area contributed by atoms with Crippen molar-refractivity contribution < 1.29 is 19.4 Å². The van der Waals surface area contributed by atoms with Gasteiger partial charge in [0, 0.05) is 0 Å². The van der Waals surface area contributed by atoms with Gasteiger partial charge >= 0.3 is 5.97 Å². The Morgan fingerprint density at radius 1 is 1.05 bits per heavy atom. The topological polar surface area (TPSA) is 55.8 Å². The fourth-order valence-corrected chi connectivity index (χ4v) is 1.72. The van der Waals surface area contributed by atoms with Gasteiger partial charge in [0.25, 0.3) is 0 Å². The first-order chi connectivity index (χ1) is 9.70. The van der Waals surface area contributed by atoms with E-state index in [1.165, 1.54) is 7.11 Å². The summed E-state index contributed by atoms with van der Waals surface area (Å²) < 4.78 is 10.00. The fourth-order valence-electron chi connectivity index (χ4n) is 1.72. The molecule has 0 aromatic heterocycles. The lowest BCUT2D eigenvalue weighted by Crippen LogP contribution is -2.08. The average molecular weight is 270 g/mol. The summed E-state index contributed by atoms with van der Waals surface area (Å²) >= 11 is 0. The molecule has 0 aliphatic rings. The smallest absolute Gasteiger partial charge is 0.375 e. The van der Waals surface area contributed by atoms with Gasteiger partial charge in [-0.1, -0.05) is 42.5 Å². The lowest BCUT2D eigenvalue weighted by atomic mass is 10.1. The van der Waals surface area contributed by atoms with Crippen molar-refractivity contribution in [1.29, 1.82) is 0 Å². The molecule has 0 unspecified atom stereocenters. The minimum atomic E-state index is -1.18. The Kier molecular flexibility index (Phi) is 4.39. The average Bonchev–Trinajstić information content (AvgIpc) is 2.48. The fraction of sp³-hybridized carbons (Fsp3) is 0.0625. The van der Waals surface area contributed by atoms with Gasteiger partial charge in [-0.05, 0) is 23.3 Å². The van der Waals surface area contributed by atoms with Crippen LogP contribution in [-0.4, -0.2) is 18.2 Å². The summed E-state index contributed by atoms with van der Waals surface area (Å²) in [4.78, 5) is 11.0. The summed E-state index contributed by atoms with van der Waals surface area (Å²) in [5.41, 5.74) is 1.98. The molecule has 20 heavy (non-hydrogen) atoms. The molecule has 0 saturated carbocycles. The number of benzene rings is 2. The Morgan fingerprint density at radius 3 is 2.40 bits per heavy atom. The molecule has 4 heteroatoms. The van der Waals surface area contributed by atoms with Gasteiger partial charge in [-0.15, -0.1) is 0 Å². The van der Waals surface area contributed by atoms with Crippen LogP contribution < -0.4 is 4.74 Å². The number of carbonyl (C=O) groups is 1. The van der Waals surface area contributed by atoms with E-state index >= 15 is 0 Å². The van der Waals surface area contributed by atoms with E-state index < -0.39 is 5.97 Å². The zero-order valence-corrected chi connectivity index (χ0v) is 10.9. The number of carboxylic acids is 1. The second-order valence-corrected chi connectivity index (χ2v) is 4.02. The highest BCUT2D eigenvalue weighted by molar-refractivity contribution is 5.84. The van der Waals surface area contributed by atoms with Crippen molar-refractivity contribution in [1.82, 2.24) is 0 Å². The predicted molar refractivity (Wildman–Crippen MR) is 75.2 cm³/mol. The summed E-state index contributed by atoms with van der Waals surface area (Å²) in [6.07, 6.45) is 1.05. The normalized spacial score (nSPS) is 10.9. The highest BCUT2D eigenvalue weighted by atomic mass is 16.5. The van der Waals surface area contributed by atoms with E-state index in [0.717, 1.165) is 17.4 Å². The molecular weight excluding hydrogens is 256 g/mol. The lowest BCUT2D eigenvalue weighted by Gasteiger charge is -2.08. The summed E-state index contributed by atoms with van der Waals surface area (Å²) in [6, 6.07) is 17.0. The van der Waals surface area contributed by atoms with Gasteiger partial charge in [-0.25, -0.2) is 4.79 Å². The first-order valence-electron chi connectivity index (χ1n) is 6.00. The van der Waals surface area contributed by atoms with Crippen molar-refractivity contribution >= 4 is 5.97 Å². The molecular formula is C16H14O4. The molecule has 0 radical (unpaired) electrons. The number of methoxy groups -OCH3 is 1. The van der Waals surface area contributed by atoms with E-state index in [9.17, 15) is 4.79 Å². The third kappa shape index (κ3) is 3.38. The van der Waals surface area contributed by atoms with Crippen LogP contribution in [0.3, 0.4) is 0 Å². The van der Waals surface area contributed by atoms with E-state index in [4.69, 9.17) is 9.84 Å². The van der Waals surface area contributed by atoms with E-state index in [2.05, 4.69) is 4.74 Å². The van der Waals surface area contributed by atoms with Crippen molar-refractivity contribution in [3.8, 4) is 16.9 Å². The maximum Gasteiger partial charge on any atom is 0.375 e. The molecule has 2 aromatic rings. The Labute approximate surface area is 116 Å². The molecule has 0 spiro atoms. The first kappa shape index (κ1) is 13.7. The van der Waals surface area contributed by atoms with Crippen LogP contribution in [0.2, 0.25) is 0 Å². The Bertz CT molecular complexity index is 617. The Morgan fingerprint density at radius 2 is 1.75 bits per heavy atom. The summed E-state index contributed by atoms with van der Waals surface area (Å²) in [5.74, 6) is -1.01. The van der Waals surface area contributed by atoms with Gasteiger partial charge in [-0.2, -0.15) is 0 Å². The van der Waals surface area contributed by atoms with Gasteiger partial charge < -0.3 is 14.6 Å². The van der Waals surface area contributed by atoms with Gasteiger partial charge in [0.1, 0.15) is 12.0 Å². The number of aliphatic carboxylic acids is 1. The number of ether oxygens (including phenoxy) is 2. The molecule has 0 aliphatic carbocycles. The quantitative estimate of drug-likeness (QED) is 0.669. The number of hydrogen-bond donors (Lipinski definition) is 1. The number of rotatable bonds is 5. The minimum absolute atomic E-state index is 0.266. The van der Waals surface area contributed by atoms with Crippen molar-refractivity contribution in [3.63, 3.8) is 0 Å². The molecule has 0 bridgehead atoms. The Hall–Kier alpha value is -2.75. The van der Waals surface area contributed by atoms with Crippen molar-refractivity contribution in [3.05, 3.63) is 66.6 Å². The SMILES string of the molecule is COC=C(Oc1cccc(-c2ccccc2)c1)C(=O)O. The van der Waals surface area contributed by atoms with Gasteiger partial charge in [0.05, 0.1) is 7.11 Å². The largest absolute Gasteiger partial charge is 0.500 e. The first-order valence-corrected chi connectivity index (χ1v) is 6.00. The molecule has 0 heterocycles. The Balaban J connectivity index is 2.27. The van der Waals surface area contributed by atoms with Crippen molar-refractivity contribution in [2.45, 2.75) is 0 Å². The lowest BCUT2D eigenvalue weighted by molar-refractivity contribution is -0.135. The molecule has 0 atom stereocenters. The van der Waals surface area contributed by atoms with Crippen LogP contribution in [-0.2, 0) is 9.53 Å². The van der Waals surface area contributed by atoms with Crippen LogP contribution in [0.5, 0.6) is 5.75 Å². The van der Waals surface area contributed by atoms with E-state index in [1.807, 2.05) is 42.5 Å². The molecule has 4 nitrogen and oxygen atoms in total. The van der Waals surface area contributed by atoms with Gasteiger partial charge in [-0.3, -0.25) is 0 Å². The van der Waals surface area contributed by atoms with Crippen molar-refractivity contribution in [2.75, 3.05) is 7.11 Å². The third-order valence-electron chi connectivity index (χ3n) is 2.60. The molecule has 0 amide bonds. The molecule has 2 rings (SSSR count). The van der Waals surface area contributed by atoms with Crippen LogP contribution in [0.4, 0.5) is 0 Å². The highest BCUT2D eigenvalue weighted by Gasteiger charge is 2.11. The minimum Gasteiger partial charge on any atom is -0.500 e. The predicted octanol–water partition coefficient (Wildman–Crippen LogP) is 3.30. The van der Waals surface area contributed by atoms with E-state index in [0.29, 0.717) is 5.75 Å². The molecule has 102 valence electrons. The van der Waals surface area contributed by atoms with Crippen LogP contribution in [0.25, 0.3) is 11.1 Å². The highest BCUT2D eigenvalue weighted by Crippen LogP contribution is 2.24. The van der Waals surface area contributed by atoms with Crippen LogP contribution >= 0.6 is 0 Å².